The van der Waals surface area contributed by atoms with Gasteiger partial charge in [0.25, 0.3) is 0 Å². The number of hydrogen-bond donors (Lipinski definition) is 1. The second-order valence-corrected chi connectivity index (χ2v) is 3.48. The number of hydrogen-bond acceptors (Lipinski definition) is 4. The summed E-state index contributed by atoms with van der Waals surface area (Å²) in [5.41, 5.74) is 0.683. The number of rotatable bonds is 6. The Morgan fingerprint density at radius 3 is 2.88 bits per heavy atom. The molecule has 0 aromatic heterocycles. The van der Waals surface area contributed by atoms with Gasteiger partial charge in [-0.15, -0.1) is 0 Å². The van der Waals surface area contributed by atoms with E-state index in [1.165, 1.54) is 0 Å². The molecule has 1 N–H and O–H groups in total. The Hall–Kier alpha value is -1.62. The van der Waals surface area contributed by atoms with Crippen molar-refractivity contribution < 1.29 is 9.66 Å². The van der Waals surface area contributed by atoms with Crippen molar-refractivity contribution in [3.05, 3.63) is 33.9 Å². The van der Waals surface area contributed by atoms with Crippen molar-refractivity contribution in [1.82, 2.24) is 5.32 Å². The van der Waals surface area contributed by atoms with Gasteiger partial charge in [0, 0.05) is 5.56 Å². The highest BCUT2D eigenvalue weighted by Crippen LogP contribution is 2.29. The Morgan fingerprint density at radius 1 is 1.50 bits per heavy atom. The molecule has 1 aromatic carbocycles. The second-order valence-electron chi connectivity index (χ2n) is 3.48. The minimum atomic E-state index is -0.400. The first-order valence-electron chi connectivity index (χ1n) is 5.18. The highest BCUT2D eigenvalue weighted by atomic mass is 16.6. The molecular formula is C11H16N2O3. The third-order valence-electron chi connectivity index (χ3n) is 2.21. The van der Waals surface area contributed by atoms with Crippen LogP contribution in [0.4, 0.5) is 5.69 Å². The fourth-order valence-electron chi connectivity index (χ4n) is 1.41. The van der Waals surface area contributed by atoms with E-state index in [1.807, 2.05) is 7.05 Å². The monoisotopic (exact) mass is 224 g/mol. The van der Waals surface area contributed by atoms with Crippen molar-refractivity contribution in [3.63, 3.8) is 0 Å². The number of nitro groups is 1. The van der Waals surface area contributed by atoms with Gasteiger partial charge >= 0.3 is 5.69 Å². The van der Waals surface area contributed by atoms with E-state index in [2.05, 4.69) is 5.32 Å². The van der Waals surface area contributed by atoms with E-state index in [1.54, 1.807) is 25.1 Å². The van der Waals surface area contributed by atoms with E-state index in [9.17, 15) is 10.1 Å². The molecule has 0 heterocycles. The number of para-hydroxylation sites is 1. The molecule has 0 aliphatic rings. The Balaban J connectivity index is 2.71. The van der Waals surface area contributed by atoms with Crippen LogP contribution in [-0.4, -0.2) is 25.1 Å². The fourth-order valence-corrected chi connectivity index (χ4v) is 1.41. The molecule has 0 saturated carbocycles. The normalized spacial score (nSPS) is 10.1. The van der Waals surface area contributed by atoms with Gasteiger partial charge in [-0.2, -0.15) is 0 Å². The van der Waals surface area contributed by atoms with Gasteiger partial charge in [0.1, 0.15) is 0 Å². The molecule has 0 radical (unpaired) electrons. The summed E-state index contributed by atoms with van der Waals surface area (Å²) in [4.78, 5) is 10.4. The summed E-state index contributed by atoms with van der Waals surface area (Å²) in [5.74, 6) is 0.348. The molecule has 0 spiro atoms. The number of nitro benzene ring substituents is 1. The molecule has 0 aliphatic heterocycles. The van der Waals surface area contributed by atoms with Crippen molar-refractivity contribution >= 4 is 5.69 Å². The van der Waals surface area contributed by atoms with Gasteiger partial charge in [0.05, 0.1) is 11.5 Å². The number of nitrogens with zero attached hydrogens (tertiary/aromatic N) is 1. The topological polar surface area (TPSA) is 64.4 Å². The molecular weight excluding hydrogens is 208 g/mol. The highest BCUT2D eigenvalue weighted by molar-refractivity contribution is 5.51. The van der Waals surface area contributed by atoms with Crippen molar-refractivity contribution in [3.8, 4) is 5.75 Å². The van der Waals surface area contributed by atoms with Gasteiger partial charge in [0.15, 0.2) is 5.75 Å². The van der Waals surface area contributed by atoms with Crippen LogP contribution in [0.5, 0.6) is 5.75 Å². The van der Waals surface area contributed by atoms with E-state index in [0.717, 1.165) is 13.0 Å². The maximum atomic E-state index is 10.8. The van der Waals surface area contributed by atoms with Crippen LogP contribution >= 0.6 is 0 Å². The molecule has 0 saturated heterocycles. The summed E-state index contributed by atoms with van der Waals surface area (Å²) in [6, 6.07) is 5.10. The molecule has 0 bridgehead atoms. The Kier molecular flexibility index (Phi) is 4.72. The molecule has 0 amide bonds. The molecule has 1 aromatic rings. The molecule has 5 nitrogen and oxygen atoms in total. The van der Waals surface area contributed by atoms with E-state index in [0.29, 0.717) is 17.9 Å². The summed E-state index contributed by atoms with van der Waals surface area (Å²) >= 11 is 0. The third-order valence-corrected chi connectivity index (χ3v) is 2.21. The molecule has 5 heteroatoms. The van der Waals surface area contributed by atoms with Crippen molar-refractivity contribution in [1.29, 1.82) is 0 Å². The maximum Gasteiger partial charge on any atom is 0.313 e. The predicted molar refractivity (Wildman–Crippen MR) is 61.9 cm³/mol. The average molecular weight is 224 g/mol. The lowest BCUT2D eigenvalue weighted by Crippen LogP contribution is -2.12. The first kappa shape index (κ1) is 12.4. The summed E-state index contributed by atoms with van der Waals surface area (Å²) in [7, 11) is 1.86. The number of ether oxygens (including phenoxy) is 1. The molecule has 0 atom stereocenters. The van der Waals surface area contributed by atoms with Gasteiger partial charge in [0.2, 0.25) is 0 Å². The molecule has 0 unspecified atom stereocenters. The van der Waals surface area contributed by atoms with E-state index in [4.69, 9.17) is 4.74 Å². The van der Waals surface area contributed by atoms with Crippen LogP contribution in [0.3, 0.4) is 0 Å². The quantitative estimate of drug-likeness (QED) is 0.455. The number of aryl methyl sites for hydroxylation is 1. The largest absolute Gasteiger partial charge is 0.487 e. The van der Waals surface area contributed by atoms with Gasteiger partial charge in [-0.1, -0.05) is 12.1 Å². The van der Waals surface area contributed by atoms with Crippen LogP contribution in [0, 0.1) is 17.0 Å². The van der Waals surface area contributed by atoms with E-state index >= 15 is 0 Å². The van der Waals surface area contributed by atoms with E-state index in [-0.39, 0.29) is 5.69 Å². The zero-order chi connectivity index (χ0) is 12.0. The van der Waals surface area contributed by atoms with Crippen LogP contribution < -0.4 is 10.1 Å². The lowest BCUT2D eigenvalue weighted by molar-refractivity contribution is -0.386. The van der Waals surface area contributed by atoms with E-state index < -0.39 is 4.92 Å². The second kappa shape index (κ2) is 6.07. The minimum absolute atomic E-state index is 0.0620. The number of benzene rings is 1. The molecule has 16 heavy (non-hydrogen) atoms. The Labute approximate surface area is 94.6 Å². The predicted octanol–water partition coefficient (Wildman–Crippen LogP) is 1.89. The molecule has 1 rings (SSSR count). The zero-order valence-corrected chi connectivity index (χ0v) is 9.53. The smallest absolute Gasteiger partial charge is 0.313 e. The van der Waals surface area contributed by atoms with Crippen LogP contribution in [0.15, 0.2) is 18.2 Å². The van der Waals surface area contributed by atoms with Gasteiger partial charge in [-0.05, 0) is 33.0 Å². The zero-order valence-electron chi connectivity index (χ0n) is 9.53. The number of nitrogens with one attached hydrogen (secondary N) is 1. The SMILES string of the molecule is CNCCCOc1cccc(C)c1[N+](=O)[O-]. The maximum absolute atomic E-state index is 10.8. The summed E-state index contributed by atoms with van der Waals surface area (Å²) in [6.45, 7) is 3.02. The van der Waals surface area contributed by atoms with Crippen LogP contribution in [0.25, 0.3) is 0 Å². The lowest BCUT2D eigenvalue weighted by Gasteiger charge is -2.07. The van der Waals surface area contributed by atoms with Crippen molar-refractivity contribution in [2.45, 2.75) is 13.3 Å². The van der Waals surface area contributed by atoms with Crippen LogP contribution in [-0.2, 0) is 0 Å². The highest BCUT2D eigenvalue weighted by Gasteiger charge is 2.17. The van der Waals surface area contributed by atoms with Gasteiger partial charge in [-0.25, -0.2) is 0 Å². The van der Waals surface area contributed by atoms with Crippen molar-refractivity contribution in [2.75, 3.05) is 20.2 Å². The standard InChI is InChI=1S/C11H16N2O3/c1-9-5-3-6-10(11(9)13(14)15)16-8-4-7-12-2/h3,5-6,12H,4,7-8H2,1-2H3. The molecule has 0 aliphatic carbocycles. The fraction of sp³-hybridized carbons (Fsp3) is 0.455. The molecule has 88 valence electrons. The minimum Gasteiger partial charge on any atom is -0.487 e. The summed E-state index contributed by atoms with van der Waals surface area (Å²) in [5, 5.41) is 13.8. The van der Waals surface area contributed by atoms with Crippen LogP contribution in [0.2, 0.25) is 0 Å². The van der Waals surface area contributed by atoms with Gasteiger partial charge < -0.3 is 10.1 Å². The van der Waals surface area contributed by atoms with Crippen LogP contribution in [0.1, 0.15) is 12.0 Å². The third kappa shape index (κ3) is 3.20. The lowest BCUT2D eigenvalue weighted by atomic mass is 10.2. The van der Waals surface area contributed by atoms with Gasteiger partial charge in [-0.3, -0.25) is 10.1 Å². The van der Waals surface area contributed by atoms with Crippen molar-refractivity contribution in [2.24, 2.45) is 0 Å². The average Bonchev–Trinajstić information content (AvgIpc) is 2.24. The summed E-state index contributed by atoms with van der Waals surface area (Å²) < 4.78 is 5.40. The Bertz CT molecular complexity index is 366. The Morgan fingerprint density at radius 2 is 2.25 bits per heavy atom. The summed E-state index contributed by atoms with van der Waals surface area (Å²) in [6.07, 6.45) is 0.821. The first-order chi connectivity index (χ1) is 7.66. The first-order valence-corrected chi connectivity index (χ1v) is 5.18. The molecule has 0 fully saturated rings.